The number of carbonyl (C=O) groups is 3. The Balaban J connectivity index is 2.06. The summed E-state index contributed by atoms with van der Waals surface area (Å²) in [6, 6.07) is 9.08. The molecule has 0 unspecified atom stereocenters. The van der Waals surface area contributed by atoms with Crippen molar-refractivity contribution in [2.24, 2.45) is 5.41 Å². The molecule has 1 aliphatic heterocycles. The number of aliphatic carboxylic acids is 1. The van der Waals surface area contributed by atoms with Crippen molar-refractivity contribution in [1.29, 1.82) is 0 Å². The van der Waals surface area contributed by atoms with Crippen LogP contribution in [0.3, 0.4) is 0 Å². The molecule has 130 valence electrons. The van der Waals surface area contributed by atoms with Gasteiger partial charge in [-0.25, -0.2) is 4.79 Å². The molecule has 1 N–H and O–H groups in total. The van der Waals surface area contributed by atoms with Crippen LogP contribution < -0.4 is 4.90 Å². The Hall–Kier alpha value is -2.57. The van der Waals surface area contributed by atoms with Crippen molar-refractivity contribution in [2.75, 3.05) is 32.1 Å². The van der Waals surface area contributed by atoms with Gasteiger partial charge in [0.1, 0.15) is 0 Å². The second-order valence-corrected chi connectivity index (χ2v) is 6.01. The zero-order valence-electron chi connectivity index (χ0n) is 13.9. The Labute approximate surface area is 140 Å². The van der Waals surface area contributed by atoms with E-state index in [9.17, 15) is 14.4 Å². The summed E-state index contributed by atoms with van der Waals surface area (Å²) in [6.45, 7) is 0.636. The molecule has 0 spiro atoms. The second-order valence-electron chi connectivity index (χ2n) is 6.01. The van der Waals surface area contributed by atoms with E-state index in [0.717, 1.165) is 5.69 Å². The van der Waals surface area contributed by atoms with Crippen molar-refractivity contribution in [1.82, 2.24) is 4.90 Å². The van der Waals surface area contributed by atoms with Crippen LogP contribution in [0.1, 0.15) is 19.3 Å². The molecule has 1 fully saturated rings. The first-order valence-corrected chi connectivity index (χ1v) is 7.77. The molecule has 1 aromatic rings. The number of rotatable bonds is 4. The minimum Gasteiger partial charge on any atom is -0.481 e. The van der Waals surface area contributed by atoms with Gasteiger partial charge in [-0.15, -0.1) is 0 Å². The largest absolute Gasteiger partial charge is 0.481 e. The molecule has 1 aliphatic rings. The zero-order valence-corrected chi connectivity index (χ0v) is 13.9. The van der Waals surface area contributed by atoms with Crippen molar-refractivity contribution in [3.63, 3.8) is 0 Å². The van der Waals surface area contributed by atoms with Gasteiger partial charge >= 0.3 is 18.0 Å². The molecule has 1 heterocycles. The van der Waals surface area contributed by atoms with E-state index in [1.165, 1.54) is 7.11 Å². The van der Waals surface area contributed by atoms with Crippen molar-refractivity contribution in [2.45, 2.75) is 19.3 Å². The predicted octanol–water partition coefficient (Wildman–Crippen LogP) is 1.97. The van der Waals surface area contributed by atoms with Gasteiger partial charge < -0.3 is 14.7 Å². The van der Waals surface area contributed by atoms with Gasteiger partial charge in [-0.05, 0) is 25.0 Å². The number of benzene rings is 1. The highest BCUT2D eigenvalue weighted by Gasteiger charge is 2.45. The summed E-state index contributed by atoms with van der Waals surface area (Å²) in [6.07, 6.45) is 0.275. The molecule has 7 nitrogen and oxygen atoms in total. The highest BCUT2D eigenvalue weighted by molar-refractivity contribution is 5.91. The number of nitrogens with zero attached hydrogens (tertiary/aromatic N) is 2. The van der Waals surface area contributed by atoms with Crippen LogP contribution >= 0.6 is 0 Å². The second kappa shape index (κ2) is 7.33. The summed E-state index contributed by atoms with van der Waals surface area (Å²) in [5.41, 5.74) is -0.277. The molecule has 0 atom stereocenters. The van der Waals surface area contributed by atoms with Gasteiger partial charge in [0.05, 0.1) is 18.9 Å². The summed E-state index contributed by atoms with van der Waals surface area (Å²) in [5, 5.41) is 9.09. The molecule has 2 rings (SSSR count). The van der Waals surface area contributed by atoms with Crippen molar-refractivity contribution < 1.29 is 24.2 Å². The number of urea groups is 1. The molecule has 2 amide bonds. The number of anilines is 1. The number of hydrogen-bond donors (Lipinski definition) is 1. The third-order valence-electron chi connectivity index (χ3n) is 4.53. The monoisotopic (exact) mass is 334 g/mol. The fraction of sp³-hybridized carbons (Fsp3) is 0.471. The number of carboxylic acid groups (broad SMARTS) is 1. The SMILES string of the molecule is COC(=O)C1(CC(=O)O)CCN(C(=O)N(C)c2ccccc2)CC1. The average molecular weight is 334 g/mol. The van der Waals surface area contributed by atoms with Gasteiger partial charge in [0, 0.05) is 25.8 Å². The zero-order chi connectivity index (χ0) is 17.7. The molecule has 24 heavy (non-hydrogen) atoms. The summed E-state index contributed by atoms with van der Waals surface area (Å²) in [7, 11) is 2.95. The van der Waals surface area contributed by atoms with Crippen molar-refractivity contribution in [3.8, 4) is 0 Å². The molecule has 7 heteroatoms. The molecule has 0 aliphatic carbocycles. The lowest BCUT2D eigenvalue weighted by molar-refractivity contribution is -0.161. The molecule has 0 bridgehead atoms. The van der Waals surface area contributed by atoms with Gasteiger partial charge in [0.15, 0.2) is 0 Å². The van der Waals surface area contributed by atoms with Crippen LogP contribution in [0.25, 0.3) is 0 Å². The van der Waals surface area contributed by atoms with Gasteiger partial charge in [-0.2, -0.15) is 0 Å². The number of carboxylic acids is 1. The lowest BCUT2D eigenvalue weighted by atomic mass is 9.75. The average Bonchev–Trinajstić information content (AvgIpc) is 2.60. The van der Waals surface area contributed by atoms with Gasteiger partial charge in [0.25, 0.3) is 0 Å². The van der Waals surface area contributed by atoms with Crippen molar-refractivity contribution >= 4 is 23.7 Å². The third-order valence-corrected chi connectivity index (χ3v) is 4.53. The maximum atomic E-state index is 12.6. The first-order chi connectivity index (χ1) is 11.4. The number of piperidine rings is 1. The number of carbonyl (C=O) groups excluding carboxylic acids is 2. The summed E-state index contributed by atoms with van der Waals surface area (Å²) < 4.78 is 4.79. The van der Waals surface area contributed by atoms with E-state index < -0.39 is 17.4 Å². The Morgan fingerprint density at radius 3 is 2.29 bits per heavy atom. The number of ether oxygens (including phenoxy) is 1. The first kappa shape index (κ1) is 17.8. The van der Waals surface area contributed by atoms with Crippen LogP contribution in [0, 0.1) is 5.41 Å². The number of esters is 1. The quantitative estimate of drug-likeness (QED) is 0.851. The number of likely N-dealkylation sites (tertiary alicyclic amines) is 1. The van der Waals surface area contributed by atoms with Gasteiger partial charge in [0.2, 0.25) is 0 Å². The molecule has 0 radical (unpaired) electrons. The van der Waals surface area contributed by atoms with Crippen molar-refractivity contribution in [3.05, 3.63) is 30.3 Å². The predicted molar refractivity (Wildman–Crippen MR) is 87.7 cm³/mol. The standard InChI is InChI=1S/C17H22N2O5/c1-18(13-6-4-3-5-7-13)16(23)19-10-8-17(9-11-19,12-14(20)21)15(22)24-2/h3-7H,8-12H2,1-2H3,(H,20,21). The van der Waals surface area contributed by atoms with Crippen LogP contribution in [0.4, 0.5) is 10.5 Å². The van der Waals surface area contributed by atoms with Crippen LogP contribution in [-0.4, -0.2) is 55.2 Å². The Bertz CT molecular complexity index is 609. The van der Waals surface area contributed by atoms with Crippen LogP contribution in [0.15, 0.2) is 30.3 Å². The van der Waals surface area contributed by atoms with E-state index in [0.29, 0.717) is 13.1 Å². The Morgan fingerprint density at radius 2 is 1.79 bits per heavy atom. The Kier molecular flexibility index (Phi) is 5.43. The smallest absolute Gasteiger partial charge is 0.324 e. The van der Waals surface area contributed by atoms with E-state index in [2.05, 4.69) is 0 Å². The molecule has 0 aromatic heterocycles. The van der Waals surface area contributed by atoms with Gasteiger partial charge in [-0.1, -0.05) is 18.2 Å². The topological polar surface area (TPSA) is 87.1 Å². The van der Waals surface area contributed by atoms with E-state index in [1.807, 2.05) is 30.3 Å². The number of amides is 2. The molecule has 1 saturated heterocycles. The Morgan fingerprint density at radius 1 is 1.21 bits per heavy atom. The fourth-order valence-electron chi connectivity index (χ4n) is 3.06. The minimum absolute atomic E-state index is 0.171. The number of methoxy groups -OCH3 is 1. The fourth-order valence-corrected chi connectivity index (χ4v) is 3.06. The summed E-state index contributed by atoms with van der Waals surface area (Å²) in [5.74, 6) is -1.56. The molecular formula is C17H22N2O5. The highest BCUT2D eigenvalue weighted by atomic mass is 16.5. The highest BCUT2D eigenvalue weighted by Crippen LogP contribution is 2.36. The molecular weight excluding hydrogens is 312 g/mol. The maximum absolute atomic E-state index is 12.6. The molecule has 1 aromatic carbocycles. The van der Waals surface area contributed by atoms with Crippen LogP contribution in [-0.2, 0) is 14.3 Å². The summed E-state index contributed by atoms with van der Waals surface area (Å²) in [4.78, 5) is 38.9. The lowest BCUT2D eigenvalue weighted by Crippen LogP contribution is -2.51. The summed E-state index contributed by atoms with van der Waals surface area (Å²) >= 11 is 0. The third kappa shape index (κ3) is 3.67. The minimum atomic E-state index is -1.05. The maximum Gasteiger partial charge on any atom is 0.324 e. The van der Waals surface area contributed by atoms with Gasteiger partial charge in [-0.3, -0.25) is 14.5 Å². The normalized spacial score (nSPS) is 16.3. The number of para-hydroxylation sites is 1. The van der Waals surface area contributed by atoms with Crippen LogP contribution in [0.5, 0.6) is 0 Å². The lowest BCUT2D eigenvalue weighted by Gasteiger charge is -2.40. The number of hydrogen-bond acceptors (Lipinski definition) is 4. The van der Waals surface area contributed by atoms with E-state index in [1.54, 1.807) is 16.8 Å². The molecule has 0 saturated carbocycles. The van der Waals surface area contributed by atoms with E-state index >= 15 is 0 Å². The van der Waals surface area contributed by atoms with Crippen LogP contribution in [0.2, 0.25) is 0 Å². The van der Waals surface area contributed by atoms with E-state index in [-0.39, 0.29) is 25.3 Å². The first-order valence-electron chi connectivity index (χ1n) is 7.77. The van der Waals surface area contributed by atoms with E-state index in [4.69, 9.17) is 9.84 Å².